The number of nitrogens with one attached hydrogen (secondary N) is 2. The maximum Gasteiger partial charge on any atom is 0.328 e. The van der Waals surface area contributed by atoms with E-state index in [-0.39, 0.29) is 11.8 Å². The highest BCUT2D eigenvalue weighted by molar-refractivity contribution is 7.89. The standard InChI is InChI=1S/C11H15N3O3S/c12-9-3-1-8(2-4-9)7-18(16,17)14-11(15)13-10-5-6-10/h1-4,10H,5-7,12H2,(H2,13,14,15). The van der Waals surface area contributed by atoms with Crippen molar-refractivity contribution in [2.24, 2.45) is 0 Å². The largest absolute Gasteiger partial charge is 0.399 e. The van der Waals surface area contributed by atoms with E-state index in [4.69, 9.17) is 5.73 Å². The molecular weight excluding hydrogens is 254 g/mol. The molecular formula is C11H15N3O3S. The van der Waals surface area contributed by atoms with Crippen LogP contribution in [0.15, 0.2) is 24.3 Å². The van der Waals surface area contributed by atoms with Crippen LogP contribution in [-0.4, -0.2) is 20.5 Å². The number of nitrogen functional groups attached to an aromatic ring is 1. The van der Waals surface area contributed by atoms with Crippen molar-refractivity contribution in [2.45, 2.75) is 24.6 Å². The summed E-state index contributed by atoms with van der Waals surface area (Å²) in [7, 11) is -3.67. The van der Waals surface area contributed by atoms with E-state index >= 15 is 0 Å². The average molecular weight is 269 g/mol. The molecule has 1 aromatic carbocycles. The number of hydrogen-bond acceptors (Lipinski definition) is 4. The first kappa shape index (κ1) is 12.7. The molecule has 0 bridgehead atoms. The average Bonchev–Trinajstić information content (AvgIpc) is 3.04. The lowest BCUT2D eigenvalue weighted by atomic mass is 10.2. The number of carbonyl (C=O) groups excluding carboxylic acids is 1. The summed E-state index contributed by atoms with van der Waals surface area (Å²) in [6, 6.07) is 5.94. The molecule has 7 heteroatoms. The molecule has 1 saturated carbocycles. The Hall–Kier alpha value is -1.76. The third-order valence-electron chi connectivity index (χ3n) is 2.50. The van der Waals surface area contributed by atoms with Gasteiger partial charge in [-0.25, -0.2) is 17.9 Å². The van der Waals surface area contributed by atoms with Crippen molar-refractivity contribution in [1.82, 2.24) is 10.0 Å². The highest BCUT2D eigenvalue weighted by atomic mass is 32.2. The molecule has 2 rings (SSSR count). The monoisotopic (exact) mass is 269 g/mol. The second kappa shape index (κ2) is 4.85. The molecule has 0 atom stereocenters. The Kier molecular flexibility index (Phi) is 3.42. The Balaban J connectivity index is 1.93. The van der Waals surface area contributed by atoms with Crippen LogP contribution < -0.4 is 15.8 Å². The van der Waals surface area contributed by atoms with Gasteiger partial charge in [0.15, 0.2) is 0 Å². The number of amides is 2. The maximum atomic E-state index is 11.7. The van der Waals surface area contributed by atoms with Crippen molar-refractivity contribution in [2.75, 3.05) is 5.73 Å². The minimum Gasteiger partial charge on any atom is -0.399 e. The van der Waals surface area contributed by atoms with Crippen LogP contribution in [0.5, 0.6) is 0 Å². The third-order valence-corrected chi connectivity index (χ3v) is 3.71. The van der Waals surface area contributed by atoms with Crippen LogP contribution in [0.3, 0.4) is 0 Å². The van der Waals surface area contributed by atoms with Gasteiger partial charge in [0.05, 0.1) is 5.75 Å². The first-order valence-electron chi connectivity index (χ1n) is 5.60. The summed E-state index contributed by atoms with van der Waals surface area (Å²) < 4.78 is 25.4. The number of sulfonamides is 1. The van der Waals surface area contributed by atoms with Crippen LogP contribution in [-0.2, 0) is 15.8 Å². The first-order valence-corrected chi connectivity index (χ1v) is 7.25. The molecule has 4 N–H and O–H groups in total. The van der Waals surface area contributed by atoms with E-state index in [0.717, 1.165) is 12.8 Å². The fraction of sp³-hybridized carbons (Fsp3) is 0.364. The minimum absolute atomic E-state index is 0.122. The van der Waals surface area contributed by atoms with E-state index in [0.29, 0.717) is 11.3 Å². The van der Waals surface area contributed by atoms with Crippen molar-refractivity contribution in [3.8, 4) is 0 Å². The van der Waals surface area contributed by atoms with Crippen LogP contribution in [0.2, 0.25) is 0 Å². The number of benzene rings is 1. The topological polar surface area (TPSA) is 101 Å². The van der Waals surface area contributed by atoms with Gasteiger partial charge in [0.25, 0.3) is 0 Å². The van der Waals surface area contributed by atoms with Crippen molar-refractivity contribution in [3.05, 3.63) is 29.8 Å². The summed E-state index contributed by atoms with van der Waals surface area (Å²) >= 11 is 0. The zero-order valence-corrected chi connectivity index (χ0v) is 10.5. The van der Waals surface area contributed by atoms with E-state index < -0.39 is 16.1 Å². The highest BCUT2D eigenvalue weighted by Gasteiger charge is 2.25. The van der Waals surface area contributed by atoms with E-state index in [2.05, 4.69) is 5.32 Å². The Labute approximate surface area is 106 Å². The Bertz CT molecular complexity index is 535. The number of rotatable bonds is 4. The molecule has 0 unspecified atom stereocenters. The van der Waals surface area contributed by atoms with Crippen LogP contribution in [0.25, 0.3) is 0 Å². The maximum absolute atomic E-state index is 11.7. The van der Waals surface area contributed by atoms with Crippen LogP contribution in [0, 0.1) is 0 Å². The van der Waals surface area contributed by atoms with E-state index in [1.54, 1.807) is 24.3 Å². The Morgan fingerprint density at radius 3 is 2.44 bits per heavy atom. The third kappa shape index (κ3) is 3.92. The summed E-state index contributed by atoms with van der Waals surface area (Å²) in [4.78, 5) is 11.3. The number of carbonyl (C=O) groups is 1. The molecule has 1 fully saturated rings. The lowest BCUT2D eigenvalue weighted by Crippen LogP contribution is -2.40. The van der Waals surface area contributed by atoms with Gasteiger partial charge in [0.1, 0.15) is 0 Å². The SMILES string of the molecule is Nc1ccc(CS(=O)(=O)NC(=O)NC2CC2)cc1. The molecule has 1 aliphatic carbocycles. The first-order chi connectivity index (χ1) is 8.44. The number of urea groups is 1. The molecule has 0 saturated heterocycles. The van der Waals surface area contributed by atoms with Crippen molar-refractivity contribution >= 4 is 21.7 Å². The fourth-order valence-electron chi connectivity index (χ4n) is 1.45. The molecule has 6 nitrogen and oxygen atoms in total. The highest BCUT2D eigenvalue weighted by Crippen LogP contribution is 2.18. The summed E-state index contributed by atoms with van der Waals surface area (Å²) in [5, 5.41) is 2.56. The van der Waals surface area contributed by atoms with Gasteiger partial charge in [-0.15, -0.1) is 0 Å². The molecule has 0 heterocycles. The van der Waals surface area contributed by atoms with E-state index in [1.807, 2.05) is 4.72 Å². The Morgan fingerprint density at radius 2 is 1.89 bits per heavy atom. The summed E-state index contributed by atoms with van der Waals surface area (Å²) in [5.74, 6) is -0.245. The van der Waals surface area contributed by atoms with E-state index in [1.165, 1.54) is 0 Å². The molecule has 1 aromatic rings. The molecule has 1 aliphatic rings. The fourth-order valence-corrected chi connectivity index (χ4v) is 2.50. The Morgan fingerprint density at radius 1 is 1.28 bits per heavy atom. The summed E-state index contributed by atoms with van der Waals surface area (Å²) in [5.41, 5.74) is 6.65. The predicted octanol–water partition coefficient (Wildman–Crippen LogP) is 0.560. The van der Waals surface area contributed by atoms with Crippen LogP contribution in [0.1, 0.15) is 18.4 Å². The van der Waals surface area contributed by atoms with Gasteiger partial charge in [-0.2, -0.15) is 0 Å². The van der Waals surface area contributed by atoms with E-state index in [9.17, 15) is 13.2 Å². The van der Waals surface area contributed by atoms with Gasteiger partial charge >= 0.3 is 6.03 Å². The van der Waals surface area contributed by atoms with Crippen molar-refractivity contribution < 1.29 is 13.2 Å². The van der Waals surface area contributed by atoms with Crippen molar-refractivity contribution in [3.63, 3.8) is 0 Å². The van der Waals surface area contributed by atoms with Crippen molar-refractivity contribution in [1.29, 1.82) is 0 Å². The second-order valence-electron chi connectivity index (χ2n) is 4.35. The predicted molar refractivity (Wildman–Crippen MR) is 68.2 cm³/mol. The molecule has 0 radical (unpaired) electrons. The molecule has 98 valence electrons. The number of hydrogen-bond donors (Lipinski definition) is 3. The zero-order valence-electron chi connectivity index (χ0n) is 9.72. The lowest BCUT2D eigenvalue weighted by Gasteiger charge is -2.08. The van der Waals surface area contributed by atoms with Gasteiger partial charge in [-0.3, -0.25) is 0 Å². The molecule has 0 aliphatic heterocycles. The molecule has 2 amide bonds. The minimum atomic E-state index is -3.67. The van der Waals surface area contributed by atoms with Gasteiger partial charge < -0.3 is 11.1 Å². The summed E-state index contributed by atoms with van der Waals surface area (Å²) in [6.45, 7) is 0. The van der Waals surface area contributed by atoms with Gasteiger partial charge in [0.2, 0.25) is 10.0 Å². The molecule has 18 heavy (non-hydrogen) atoms. The normalized spacial score (nSPS) is 15.1. The number of nitrogens with two attached hydrogens (primary N) is 1. The van der Waals surface area contributed by atoms with Gasteiger partial charge in [-0.1, -0.05) is 12.1 Å². The lowest BCUT2D eigenvalue weighted by molar-refractivity contribution is 0.245. The zero-order chi connectivity index (χ0) is 13.2. The second-order valence-corrected chi connectivity index (χ2v) is 6.07. The summed E-state index contributed by atoms with van der Waals surface area (Å²) in [6.07, 6.45) is 1.82. The smallest absolute Gasteiger partial charge is 0.328 e. The molecule has 0 spiro atoms. The van der Waals surface area contributed by atoms with Crippen LogP contribution in [0.4, 0.5) is 10.5 Å². The van der Waals surface area contributed by atoms with Gasteiger partial charge in [-0.05, 0) is 30.5 Å². The van der Waals surface area contributed by atoms with Crippen LogP contribution >= 0.6 is 0 Å². The van der Waals surface area contributed by atoms with Gasteiger partial charge in [0, 0.05) is 11.7 Å². The molecule has 0 aromatic heterocycles. The number of anilines is 1. The quantitative estimate of drug-likeness (QED) is 0.695.